The lowest BCUT2D eigenvalue weighted by Gasteiger charge is -2.28. The van der Waals surface area contributed by atoms with Gasteiger partial charge in [0.05, 0.1) is 24.7 Å². The van der Waals surface area contributed by atoms with Gasteiger partial charge in [0.1, 0.15) is 0 Å². The molecule has 7 nitrogen and oxygen atoms in total. The van der Waals surface area contributed by atoms with E-state index < -0.39 is 0 Å². The van der Waals surface area contributed by atoms with Crippen molar-refractivity contribution in [3.05, 3.63) is 59.2 Å². The molecule has 1 aliphatic rings. The van der Waals surface area contributed by atoms with E-state index in [1.807, 2.05) is 23.6 Å². The maximum Gasteiger partial charge on any atom is 0.234 e. The Morgan fingerprint density at radius 3 is 2.56 bits per heavy atom. The van der Waals surface area contributed by atoms with Gasteiger partial charge in [-0.15, -0.1) is 10.2 Å². The number of hydrogen-bond acceptors (Lipinski definition) is 6. The molecule has 0 bridgehead atoms. The maximum absolute atomic E-state index is 12.8. The third-order valence-corrected chi connectivity index (χ3v) is 6.47. The van der Waals surface area contributed by atoms with Crippen LogP contribution in [0.4, 0.5) is 11.6 Å². The molecule has 1 fully saturated rings. The fourth-order valence-electron chi connectivity index (χ4n) is 3.75. The average Bonchev–Trinajstić information content (AvgIpc) is 3.24. The number of ether oxygens (including phenoxy) is 1. The van der Waals surface area contributed by atoms with Crippen LogP contribution in [0.15, 0.2) is 47.6 Å². The SMILES string of the molecule is CCc1cccc(C)c1NC(=O)CSc1nnc(N2CCOCC2)n1-c1ccc(C)cc1. The number of carbonyl (C=O) groups excluding carboxylic acids is 1. The lowest BCUT2D eigenvalue weighted by atomic mass is 10.1. The summed E-state index contributed by atoms with van der Waals surface area (Å²) in [5, 5.41) is 12.7. The molecule has 32 heavy (non-hydrogen) atoms. The number of carbonyl (C=O) groups is 1. The van der Waals surface area contributed by atoms with Crippen LogP contribution in [-0.2, 0) is 16.0 Å². The molecule has 1 N–H and O–H groups in total. The van der Waals surface area contributed by atoms with Crippen molar-refractivity contribution >= 4 is 29.3 Å². The second-order valence-electron chi connectivity index (χ2n) is 7.85. The third kappa shape index (κ3) is 4.97. The fraction of sp³-hybridized carbons (Fsp3) is 0.375. The molecule has 4 rings (SSSR count). The van der Waals surface area contributed by atoms with Gasteiger partial charge in [-0.1, -0.05) is 54.6 Å². The Morgan fingerprint density at radius 1 is 1.09 bits per heavy atom. The van der Waals surface area contributed by atoms with Crippen LogP contribution < -0.4 is 10.2 Å². The Balaban J connectivity index is 1.55. The van der Waals surface area contributed by atoms with Crippen LogP contribution in [0, 0.1) is 13.8 Å². The maximum atomic E-state index is 12.8. The fourth-order valence-corrected chi connectivity index (χ4v) is 4.50. The molecule has 1 aromatic heterocycles. The van der Waals surface area contributed by atoms with E-state index in [2.05, 4.69) is 64.6 Å². The van der Waals surface area contributed by atoms with Gasteiger partial charge in [0.25, 0.3) is 0 Å². The van der Waals surface area contributed by atoms with Gasteiger partial charge < -0.3 is 15.0 Å². The predicted octanol–water partition coefficient (Wildman–Crippen LogP) is 4.01. The first kappa shape index (κ1) is 22.4. The summed E-state index contributed by atoms with van der Waals surface area (Å²) in [6.07, 6.45) is 0.870. The molecule has 3 aromatic rings. The zero-order chi connectivity index (χ0) is 22.5. The summed E-state index contributed by atoms with van der Waals surface area (Å²) in [5.74, 6) is 0.988. The van der Waals surface area contributed by atoms with Gasteiger partial charge in [0, 0.05) is 18.8 Å². The largest absolute Gasteiger partial charge is 0.378 e. The Bertz CT molecular complexity index is 1070. The predicted molar refractivity (Wildman–Crippen MR) is 129 cm³/mol. The highest BCUT2D eigenvalue weighted by Crippen LogP contribution is 2.28. The van der Waals surface area contributed by atoms with Crippen molar-refractivity contribution in [1.82, 2.24) is 14.8 Å². The van der Waals surface area contributed by atoms with E-state index in [4.69, 9.17) is 4.74 Å². The van der Waals surface area contributed by atoms with Crippen LogP contribution in [0.2, 0.25) is 0 Å². The standard InChI is InChI=1S/C24H29N5O2S/c1-4-19-7-5-6-18(3)22(19)25-21(30)16-32-24-27-26-23(28-12-14-31-15-13-28)29(24)20-10-8-17(2)9-11-20/h5-11H,4,12-16H2,1-3H3,(H,25,30). The minimum Gasteiger partial charge on any atom is -0.378 e. The lowest BCUT2D eigenvalue weighted by Crippen LogP contribution is -2.37. The summed E-state index contributed by atoms with van der Waals surface area (Å²) < 4.78 is 7.53. The monoisotopic (exact) mass is 451 g/mol. The highest BCUT2D eigenvalue weighted by Gasteiger charge is 2.22. The smallest absolute Gasteiger partial charge is 0.234 e. The molecule has 0 saturated carbocycles. The number of para-hydroxylation sites is 1. The Hall–Kier alpha value is -2.84. The summed E-state index contributed by atoms with van der Waals surface area (Å²) in [7, 11) is 0. The van der Waals surface area contributed by atoms with Crippen LogP contribution in [0.25, 0.3) is 5.69 Å². The number of aryl methyl sites for hydroxylation is 3. The van der Waals surface area contributed by atoms with Crippen molar-refractivity contribution in [2.24, 2.45) is 0 Å². The van der Waals surface area contributed by atoms with Crippen LogP contribution in [0.5, 0.6) is 0 Å². The van der Waals surface area contributed by atoms with Crippen LogP contribution in [0.3, 0.4) is 0 Å². The summed E-state index contributed by atoms with van der Waals surface area (Å²) in [4.78, 5) is 15.0. The summed E-state index contributed by atoms with van der Waals surface area (Å²) >= 11 is 1.40. The van der Waals surface area contributed by atoms with Crippen molar-refractivity contribution in [3.8, 4) is 5.69 Å². The van der Waals surface area contributed by atoms with Crippen molar-refractivity contribution in [1.29, 1.82) is 0 Å². The van der Waals surface area contributed by atoms with Gasteiger partial charge in [-0.25, -0.2) is 0 Å². The first-order valence-corrected chi connectivity index (χ1v) is 11.9. The molecule has 1 aliphatic heterocycles. The number of rotatable bonds is 7. The Labute approximate surface area is 193 Å². The van der Waals surface area contributed by atoms with Gasteiger partial charge in [0.2, 0.25) is 11.9 Å². The van der Waals surface area contributed by atoms with Crippen LogP contribution in [-0.4, -0.2) is 52.7 Å². The second kappa shape index (κ2) is 10.2. The number of aromatic nitrogens is 3. The number of nitrogens with zero attached hydrogens (tertiary/aromatic N) is 4. The van der Waals surface area contributed by atoms with Crippen molar-refractivity contribution in [2.45, 2.75) is 32.3 Å². The van der Waals surface area contributed by atoms with Gasteiger partial charge in [-0.2, -0.15) is 0 Å². The molecule has 2 heterocycles. The average molecular weight is 452 g/mol. The Kier molecular flexibility index (Phi) is 7.12. The molecule has 8 heteroatoms. The van der Waals surface area contributed by atoms with E-state index in [0.29, 0.717) is 18.4 Å². The number of benzene rings is 2. The van der Waals surface area contributed by atoms with E-state index >= 15 is 0 Å². The van der Waals surface area contributed by atoms with Gasteiger partial charge >= 0.3 is 0 Å². The van der Waals surface area contributed by atoms with Crippen LogP contribution in [0.1, 0.15) is 23.6 Å². The zero-order valence-electron chi connectivity index (χ0n) is 18.8. The first-order chi connectivity index (χ1) is 15.6. The molecule has 168 valence electrons. The summed E-state index contributed by atoms with van der Waals surface area (Å²) in [6.45, 7) is 9.05. The highest BCUT2D eigenvalue weighted by atomic mass is 32.2. The molecule has 0 spiro atoms. The van der Waals surface area contributed by atoms with E-state index in [1.54, 1.807) is 0 Å². The molecular weight excluding hydrogens is 422 g/mol. The summed E-state index contributed by atoms with van der Waals surface area (Å²) in [5.41, 5.74) is 5.29. The third-order valence-electron chi connectivity index (χ3n) is 5.54. The molecule has 0 radical (unpaired) electrons. The molecule has 2 aromatic carbocycles. The van der Waals surface area contributed by atoms with Gasteiger partial charge in [0.15, 0.2) is 5.16 Å². The minimum atomic E-state index is -0.0506. The summed E-state index contributed by atoms with van der Waals surface area (Å²) in [6, 6.07) is 14.4. The van der Waals surface area contributed by atoms with Crippen molar-refractivity contribution in [2.75, 3.05) is 42.3 Å². The van der Waals surface area contributed by atoms with Crippen molar-refractivity contribution < 1.29 is 9.53 Å². The molecular formula is C24H29N5O2S. The lowest BCUT2D eigenvalue weighted by molar-refractivity contribution is -0.113. The Morgan fingerprint density at radius 2 is 1.84 bits per heavy atom. The quantitative estimate of drug-likeness (QED) is 0.547. The minimum absolute atomic E-state index is 0.0506. The number of anilines is 2. The van der Waals surface area contributed by atoms with Gasteiger partial charge in [-0.05, 0) is 43.5 Å². The van der Waals surface area contributed by atoms with Crippen LogP contribution >= 0.6 is 11.8 Å². The number of hydrogen-bond donors (Lipinski definition) is 1. The van der Waals surface area contributed by atoms with E-state index in [1.165, 1.54) is 17.3 Å². The second-order valence-corrected chi connectivity index (χ2v) is 8.79. The van der Waals surface area contributed by atoms with E-state index in [-0.39, 0.29) is 11.7 Å². The molecule has 1 saturated heterocycles. The normalized spacial score (nSPS) is 13.9. The van der Waals surface area contributed by atoms with Gasteiger partial charge in [-0.3, -0.25) is 9.36 Å². The molecule has 0 aliphatic carbocycles. The number of thioether (sulfide) groups is 1. The van der Waals surface area contributed by atoms with Crippen molar-refractivity contribution in [3.63, 3.8) is 0 Å². The number of amides is 1. The highest BCUT2D eigenvalue weighted by molar-refractivity contribution is 7.99. The number of nitrogens with one attached hydrogen (secondary N) is 1. The molecule has 0 atom stereocenters. The molecule has 1 amide bonds. The zero-order valence-corrected chi connectivity index (χ0v) is 19.6. The van der Waals surface area contributed by atoms with E-state index in [0.717, 1.165) is 48.0 Å². The van der Waals surface area contributed by atoms with E-state index in [9.17, 15) is 4.79 Å². The first-order valence-electron chi connectivity index (χ1n) is 10.9. The number of morpholine rings is 1. The topological polar surface area (TPSA) is 72.3 Å². The molecule has 0 unspecified atom stereocenters.